The predicted molar refractivity (Wildman–Crippen MR) is 133 cm³/mol. The second-order valence-corrected chi connectivity index (χ2v) is 9.09. The summed E-state index contributed by atoms with van der Waals surface area (Å²) in [6, 6.07) is 14.3. The molecule has 1 aromatic heterocycles. The lowest BCUT2D eigenvalue weighted by Gasteiger charge is -2.38. The van der Waals surface area contributed by atoms with Crippen molar-refractivity contribution in [3.05, 3.63) is 54.7 Å². The normalized spacial score (nSPS) is 16.0. The molecule has 1 saturated heterocycles. The van der Waals surface area contributed by atoms with Gasteiger partial charge in [0.15, 0.2) is 15.8 Å². The molecule has 1 aliphatic heterocycles. The van der Waals surface area contributed by atoms with Crippen molar-refractivity contribution < 1.29 is 8.42 Å². The van der Waals surface area contributed by atoms with Crippen LogP contribution in [0.25, 0.3) is 0 Å². The van der Waals surface area contributed by atoms with Gasteiger partial charge in [-0.15, -0.1) is 24.0 Å². The van der Waals surface area contributed by atoms with Crippen molar-refractivity contribution in [3.63, 3.8) is 0 Å². The molecule has 0 amide bonds. The van der Waals surface area contributed by atoms with Crippen LogP contribution in [0.5, 0.6) is 0 Å². The lowest BCUT2D eigenvalue weighted by molar-refractivity contribution is 0.366. The van der Waals surface area contributed by atoms with Gasteiger partial charge in [-0.1, -0.05) is 31.2 Å². The van der Waals surface area contributed by atoms with Crippen molar-refractivity contribution in [2.45, 2.75) is 24.3 Å². The fourth-order valence-electron chi connectivity index (χ4n) is 3.42. The second kappa shape index (κ2) is 11.5. The zero-order chi connectivity index (χ0) is 20.7. The van der Waals surface area contributed by atoms with E-state index in [1.54, 1.807) is 37.5 Å². The minimum atomic E-state index is -3.35. The molecule has 1 aromatic carbocycles. The highest BCUT2D eigenvalue weighted by atomic mass is 127. The van der Waals surface area contributed by atoms with Crippen LogP contribution in [0.4, 0.5) is 5.82 Å². The van der Waals surface area contributed by atoms with Crippen LogP contribution in [-0.4, -0.2) is 69.3 Å². The number of hydrogen-bond acceptors (Lipinski definition) is 5. The van der Waals surface area contributed by atoms with E-state index in [1.165, 1.54) is 0 Å². The van der Waals surface area contributed by atoms with Gasteiger partial charge in [0.2, 0.25) is 0 Å². The summed E-state index contributed by atoms with van der Waals surface area (Å²) < 4.78 is 25.5. The molecule has 1 aliphatic rings. The second-order valence-electron chi connectivity index (χ2n) is 7.05. The van der Waals surface area contributed by atoms with E-state index in [0.29, 0.717) is 11.3 Å². The summed E-state index contributed by atoms with van der Waals surface area (Å²) in [4.78, 5) is 13.6. The van der Waals surface area contributed by atoms with Crippen LogP contribution in [-0.2, 0) is 9.84 Å². The van der Waals surface area contributed by atoms with Crippen molar-refractivity contribution in [2.75, 3.05) is 43.9 Å². The van der Waals surface area contributed by atoms with Gasteiger partial charge in [-0.05, 0) is 30.7 Å². The molecule has 1 unspecified atom stereocenters. The number of guanidine groups is 1. The van der Waals surface area contributed by atoms with E-state index in [2.05, 4.69) is 25.1 Å². The van der Waals surface area contributed by atoms with Gasteiger partial charge in [0.25, 0.3) is 0 Å². The summed E-state index contributed by atoms with van der Waals surface area (Å²) >= 11 is 0. The molecule has 7 nitrogen and oxygen atoms in total. The number of nitrogens with one attached hydrogen (secondary N) is 1. The fourth-order valence-corrected chi connectivity index (χ4v) is 5.03. The molecule has 0 aliphatic carbocycles. The summed E-state index contributed by atoms with van der Waals surface area (Å²) in [5.74, 6) is 1.77. The summed E-state index contributed by atoms with van der Waals surface area (Å²) in [6.07, 6.45) is 2.50. The molecule has 164 valence electrons. The van der Waals surface area contributed by atoms with Crippen molar-refractivity contribution in [2.24, 2.45) is 4.99 Å². The van der Waals surface area contributed by atoms with Gasteiger partial charge in [0, 0.05) is 45.5 Å². The van der Waals surface area contributed by atoms with E-state index in [0.717, 1.165) is 38.0 Å². The summed E-state index contributed by atoms with van der Waals surface area (Å²) in [6.45, 7) is 5.29. The number of hydrogen-bond donors (Lipinski definition) is 1. The molecule has 1 atom stereocenters. The first-order valence-electron chi connectivity index (χ1n) is 9.95. The Kier molecular flexibility index (Phi) is 9.35. The van der Waals surface area contributed by atoms with Crippen molar-refractivity contribution in [1.82, 2.24) is 15.2 Å². The van der Waals surface area contributed by atoms with Crippen LogP contribution in [0.3, 0.4) is 0 Å². The number of sulfone groups is 1. The zero-order valence-corrected chi connectivity index (χ0v) is 20.6. The van der Waals surface area contributed by atoms with Crippen molar-refractivity contribution in [1.29, 1.82) is 0 Å². The Balaban J connectivity index is 0.00000320. The highest BCUT2D eigenvalue weighted by Gasteiger charge is 2.25. The first-order valence-corrected chi connectivity index (χ1v) is 11.6. The SMILES string of the molecule is CCC(CS(=O)(=O)c1ccccc1)NC(=NC)N1CCN(c2ccccn2)CC1.I. The first-order chi connectivity index (χ1) is 14.0. The van der Waals surface area contributed by atoms with Crippen LogP contribution in [0.2, 0.25) is 0 Å². The summed E-state index contributed by atoms with van der Waals surface area (Å²) in [5.41, 5.74) is 0. The number of anilines is 1. The number of benzene rings is 1. The summed E-state index contributed by atoms with van der Waals surface area (Å²) in [7, 11) is -1.61. The van der Waals surface area contributed by atoms with Gasteiger partial charge >= 0.3 is 0 Å². The number of nitrogens with zero attached hydrogens (tertiary/aromatic N) is 4. The van der Waals surface area contributed by atoms with Crippen molar-refractivity contribution in [3.8, 4) is 0 Å². The van der Waals surface area contributed by atoms with Crippen molar-refractivity contribution >= 4 is 45.6 Å². The Bertz CT molecular complexity index is 902. The molecule has 0 bridgehead atoms. The Morgan fingerprint density at radius 1 is 1.10 bits per heavy atom. The minimum absolute atomic E-state index is 0. The lowest BCUT2D eigenvalue weighted by atomic mass is 10.2. The number of rotatable bonds is 6. The first kappa shape index (κ1) is 24.4. The minimum Gasteiger partial charge on any atom is -0.353 e. The van der Waals surface area contributed by atoms with Gasteiger partial charge < -0.3 is 15.1 Å². The van der Waals surface area contributed by atoms with Crippen LogP contribution in [0, 0.1) is 0 Å². The number of aromatic nitrogens is 1. The average molecular weight is 543 g/mol. The molecule has 9 heteroatoms. The maximum absolute atomic E-state index is 12.7. The van der Waals surface area contributed by atoms with E-state index in [-0.39, 0.29) is 35.8 Å². The third kappa shape index (κ3) is 6.31. The molecular weight excluding hydrogens is 513 g/mol. The van der Waals surface area contributed by atoms with E-state index >= 15 is 0 Å². The number of halogens is 1. The molecule has 3 rings (SSSR count). The Hall–Kier alpha value is -1.88. The number of pyridine rings is 1. The Morgan fingerprint density at radius 3 is 2.33 bits per heavy atom. The number of aliphatic imine (C=N–C) groups is 1. The smallest absolute Gasteiger partial charge is 0.194 e. The maximum atomic E-state index is 12.7. The number of piperazine rings is 1. The maximum Gasteiger partial charge on any atom is 0.194 e. The third-order valence-electron chi connectivity index (χ3n) is 5.11. The molecule has 2 aromatic rings. The highest BCUT2D eigenvalue weighted by Crippen LogP contribution is 2.14. The van der Waals surface area contributed by atoms with Crippen LogP contribution in [0.15, 0.2) is 64.6 Å². The van der Waals surface area contributed by atoms with E-state index < -0.39 is 9.84 Å². The standard InChI is InChI=1S/C21H29N5O2S.HI/c1-3-18(17-29(27,28)19-9-5-4-6-10-19)24-21(22-2)26-15-13-25(14-16-26)20-11-7-8-12-23-20;/h4-12,18H,3,13-17H2,1-2H3,(H,22,24);1H. The molecule has 1 N–H and O–H groups in total. The van der Waals surface area contributed by atoms with E-state index in [9.17, 15) is 8.42 Å². The molecule has 30 heavy (non-hydrogen) atoms. The lowest BCUT2D eigenvalue weighted by Crippen LogP contribution is -2.55. The molecule has 0 spiro atoms. The van der Waals surface area contributed by atoms with Crippen LogP contribution >= 0.6 is 24.0 Å². The molecule has 0 saturated carbocycles. The van der Waals surface area contributed by atoms with Gasteiger partial charge in [0.1, 0.15) is 5.82 Å². The Labute approximate surface area is 196 Å². The Morgan fingerprint density at radius 2 is 1.77 bits per heavy atom. The fraction of sp³-hybridized carbons (Fsp3) is 0.429. The predicted octanol–water partition coefficient (Wildman–Crippen LogP) is 2.65. The largest absolute Gasteiger partial charge is 0.353 e. The van der Waals surface area contributed by atoms with Gasteiger partial charge in [-0.3, -0.25) is 4.99 Å². The van der Waals surface area contributed by atoms with E-state index in [1.807, 2.05) is 31.2 Å². The molecular formula is C21H30IN5O2S. The quantitative estimate of drug-likeness (QED) is 0.343. The van der Waals surface area contributed by atoms with Gasteiger partial charge in [-0.2, -0.15) is 0 Å². The van der Waals surface area contributed by atoms with Crippen LogP contribution < -0.4 is 10.2 Å². The molecule has 0 radical (unpaired) electrons. The highest BCUT2D eigenvalue weighted by molar-refractivity contribution is 14.0. The molecule has 1 fully saturated rings. The molecule has 2 heterocycles. The topological polar surface area (TPSA) is 77.9 Å². The average Bonchev–Trinajstić information content (AvgIpc) is 2.78. The van der Waals surface area contributed by atoms with Crippen LogP contribution in [0.1, 0.15) is 13.3 Å². The van der Waals surface area contributed by atoms with Gasteiger partial charge in [0.05, 0.1) is 10.6 Å². The monoisotopic (exact) mass is 543 g/mol. The summed E-state index contributed by atoms with van der Waals surface area (Å²) in [5, 5.41) is 3.37. The van der Waals surface area contributed by atoms with E-state index in [4.69, 9.17) is 0 Å². The third-order valence-corrected chi connectivity index (χ3v) is 6.94. The van der Waals surface area contributed by atoms with Gasteiger partial charge in [-0.25, -0.2) is 13.4 Å². The zero-order valence-electron chi connectivity index (χ0n) is 17.4.